The van der Waals surface area contributed by atoms with Gasteiger partial charge in [-0.05, 0) is 73.2 Å². The van der Waals surface area contributed by atoms with E-state index in [2.05, 4.69) is 58.7 Å². The Morgan fingerprint density at radius 1 is 1.00 bits per heavy atom. The van der Waals surface area contributed by atoms with E-state index >= 15 is 0 Å². The van der Waals surface area contributed by atoms with Crippen LogP contribution in [0.5, 0.6) is 0 Å². The number of ether oxygens (including phenoxy) is 1. The highest BCUT2D eigenvalue weighted by molar-refractivity contribution is 5.99. The van der Waals surface area contributed by atoms with Crippen molar-refractivity contribution in [3.05, 3.63) is 34.4 Å². The molecular formula is C24H35NO2. The molecule has 0 saturated carbocycles. The molecule has 27 heavy (non-hydrogen) atoms. The monoisotopic (exact) mass is 369 g/mol. The van der Waals surface area contributed by atoms with Gasteiger partial charge in [-0.15, -0.1) is 0 Å². The summed E-state index contributed by atoms with van der Waals surface area (Å²) < 4.78 is 5.74. The minimum Gasteiger partial charge on any atom is -0.378 e. The molecule has 4 rings (SSSR count). The summed E-state index contributed by atoms with van der Waals surface area (Å²) in [6, 6.07) is 5.36. The van der Waals surface area contributed by atoms with Crippen LogP contribution in [0.4, 0.5) is 0 Å². The zero-order chi connectivity index (χ0) is 19.6. The van der Waals surface area contributed by atoms with Crippen LogP contribution < -0.4 is 0 Å². The third-order valence-electron chi connectivity index (χ3n) is 7.72. The van der Waals surface area contributed by atoms with Gasteiger partial charge in [0, 0.05) is 23.6 Å². The summed E-state index contributed by atoms with van der Waals surface area (Å²) in [4.78, 5) is 16.0. The summed E-state index contributed by atoms with van der Waals surface area (Å²) in [5.41, 5.74) is 5.30. The molecule has 2 saturated heterocycles. The summed E-state index contributed by atoms with van der Waals surface area (Å²) >= 11 is 0. The molecule has 0 N–H and O–H groups in total. The van der Waals surface area contributed by atoms with Crippen LogP contribution >= 0.6 is 0 Å². The number of carbonyl (C=O) groups is 1. The first-order valence-electron chi connectivity index (χ1n) is 10.6. The maximum atomic E-state index is 13.6. The molecule has 2 bridgehead atoms. The summed E-state index contributed by atoms with van der Waals surface area (Å²) in [6.45, 7) is 13.0. The molecule has 0 amide bonds. The van der Waals surface area contributed by atoms with Gasteiger partial charge in [0.05, 0.1) is 13.2 Å². The molecule has 2 fully saturated rings. The van der Waals surface area contributed by atoms with Gasteiger partial charge in [0.15, 0.2) is 5.78 Å². The fourth-order valence-corrected chi connectivity index (χ4v) is 5.52. The Morgan fingerprint density at radius 2 is 1.52 bits per heavy atom. The van der Waals surface area contributed by atoms with Crippen molar-refractivity contribution >= 4 is 5.78 Å². The fourth-order valence-electron chi connectivity index (χ4n) is 5.52. The van der Waals surface area contributed by atoms with E-state index in [1.165, 1.54) is 24.0 Å². The van der Waals surface area contributed by atoms with Gasteiger partial charge >= 0.3 is 0 Å². The Hall–Kier alpha value is -1.19. The number of hydrogen-bond donors (Lipinski definition) is 0. The molecule has 3 heteroatoms. The number of piperidine rings is 1. The van der Waals surface area contributed by atoms with Gasteiger partial charge in [0.1, 0.15) is 0 Å². The highest BCUT2D eigenvalue weighted by Crippen LogP contribution is 2.47. The van der Waals surface area contributed by atoms with E-state index in [1.807, 2.05) is 0 Å². The quantitative estimate of drug-likeness (QED) is 0.712. The number of likely N-dealkylation sites (N-methyl/N-ethyl adjacent to an activating group) is 1. The first-order chi connectivity index (χ1) is 12.6. The number of ketones is 1. The molecule has 1 aromatic carbocycles. The second kappa shape index (κ2) is 6.42. The zero-order valence-electron chi connectivity index (χ0n) is 17.9. The summed E-state index contributed by atoms with van der Waals surface area (Å²) in [5, 5.41) is 0. The highest BCUT2D eigenvalue weighted by Gasteiger charge is 2.41. The third-order valence-corrected chi connectivity index (χ3v) is 7.72. The van der Waals surface area contributed by atoms with Crippen LogP contribution in [0.3, 0.4) is 0 Å². The van der Waals surface area contributed by atoms with Crippen molar-refractivity contribution in [1.29, 1.82) is 0 Å². The molecular weight excluding hydrogens is 334 g/mol. The van der Waals surface area contributed by atoms with Crippen molar-refractivity contribution in [3.63, 3.8) is 0 Å². The van der Waals surface area contributed by atoms with E-state index in [0.29, 0.717) is 17.9 Å². The number of fused-ring (bicyclic) bond motifs is 3. The van der Waals surface area contributed by atoms with E-state index in [9.17, 15) is 4.79 Å². The lowest BCUT2D eigenvalue weighted by atomic mass is 9.62. The van der Waals surface area contributed by atoms with Crippen LogP contribution in [0.2, 0.25) is 0 Å². The number of Topliss-reactive ketones (excluding diaryl/α,β-unsaturated/α-hetero) is 1. The van der Waals surface area contributed by atoms with Gasteiger partial charge in [-0.1, -0.05) is 33.8 Å². The standard InChI is InChI=1S/C24H35NO2/c1-15-9-20-21(24(4,5)8-7-23(20,2)3)12-19(15)22(26)16-10-17-13-27-14-18(11-16)25(17)6/h9,12,16-18H,7-8,10-11,13-14H2,1-6H3. The molecule has 1 aliphatic carbocycles. The van der Waals surface area contributed by atoms with Gasteiger partial charge in [0.2, 0.25) is 0 Å². The van der Waals surface area contributed by atoms with Gasteiger partial charge in [-0.3, -0.25) is 9.69 Å². The molecule has 3 aliphatic rings. The van der Waals surface area contributed by atoms with Gasteiger partial charge < -0.3 is 4.74 Å². The predicted octanol–water partition coefficient (Wildman–Crippen LogP) is 4.64. The average molecular weight is 370 g/mol. The number of aryl methyl sites for hydroxylation is 1. The maximum Gasteiger partial charge on any atom is 0.166 e. The molecule has 3 nitrogen and oxygen atoms in total. The number of morpholine rings is 1. The molecule has 0 aromatic heterocycles. The second-order valence-electron chi connectivity index (χ2n) is 10.5. The molecule has 148 valence electrons. The van der Waals surface area contributed by atoms with Crippen molar-refractivity contribution < 1.29 is 9.53 Å². The predicted molar refractivity (Wildman–Crippen MR) is 110 cm³/mol. The number of carbonyl (C=O) groups excluding carboxylic acids is 1. The molecule has 0 radical (unpaired) electrons. The minimum atomic E-state index is 0.136. The van der Waals surface area contributed by atoms with Crippen LogP contribution in [0.25, 0.3) is 0 Å². The number of nitrogens with zero attached hydrogens (tertiary/aromatic N) is 1. The smallest absolute Gasteiger partial charge is 0.166 e. The number of rotatable bonds is 2. The van der Waals surface area contributed by atoms with E-state index in [1.54, 1.807) is 0 Å². The molecule has 2 aliphatic heterocycles. The third kappa shape index (κ3) is 3.17. The fraction of sp³-hybridized carbons (Fsp3) is 0.708. The summed E-state index contributed by atoms with van der Waals surface area (Å²) in [7, 11) is 2.19. The number of benzene rings is 1. The zero-order valence-corrected chi connectivity index (χ0v) is 17.9. The van der Waals surface area contributed by atoms with Crippen molar-refractivity contribution in [1.82, 2.24) is 4.90 Å². The van der Waals surface area contributed by atoms with E-state index in [-0.39, 0.29) is 16.7 Å². The lowest BCUT2D eigenvalue weighted by Gasteiger charge is -2.46. The Morgan fingerprint density at radius 3 is 2.07 bits per heavy atom. The molecule has 2 heterocycles. The Labute approximate surface area is 164 Å². The highest BCUT2D eigenvalue weighted by atomic mass is 16.5. The maximum absolute atomic E-state index is 13.6. The average Bonchev–Trinajstić information content (AvgIpc) is 2.58. The van der Waals surface area contributed by atoms with Crippen LogP contribution in [0, 0.1) is 12.8 Å². The van der Waals surface area contributed by atoms with Crippen molar-refractivity contribution in [2.75, 3.05) is 20.3 Å². The van der Waals surface area contributed by atoms with Crippen LogP contribution in [0.1, 0.15) is 80.4 Å². The van der Waals surface area contributed by atoms with Crippen molar-refractivity contribution in [2.24, 2.45) is 5.92 Å². The largest absolute Gasteiger partial charge is 0.378 e. The lowest BCUT2D eigenvalue weighted by Crippen LogP contribution is -2.55. The Balaban J connectivity index is 1.69. The van der Waals surface area contributed by atoms with Crippen LogP contribution in [-0.2, 0) is 15.6 Å². The second-order valence-corrected chi connectivity index (χ2v) is 10.5. The normalized spacial score (nSPS) is 32.0. The van der Waals surface area contributed by atoms with Crippen molar-refractivity contribution in [2.45, 2.75) is 83.2 Å². The lowest BCUT2D eigenvalue weighted by molar-refractivity contribution is -0.0702. The molecule has 1 aromatic rings. The number of hydrogen-bond acceptors (Lipinski definition) is 3. The summed E-state index contributed by atoms with van der Waals surface area (Å²) in [5.74, 6) is 0.496. The van der Waals surface area contributed by atoms with E-state index < -0.39 is 0 Å². The van der Waals surface area contributed by atoms with Crippen molar-refractivity contribution in [3.8, 4) is 0 Å². The van der Waals surface area contributed by atoms with E-state index in [0.717, 1.165) is 37.2 Å². The molecule has 0 spiro atoms. The van der Waals surface area contributed by atoms with Gasteiger partial charge in [-0.25, -0.2) is 0 Å². The topological polar surface area (TPSA) is 29.5 Å². The van der Waals surface area contributed by atoms with Crippen LogP contribution in [-0.4, -0.2) is 43.0 Å². The van der Waals surface area contributed by atoms with Crippen LogP contribution in [0.15, 0.2) is 12.1 Å². The molecule has 2 atom stereocenters. The summed E-state index contributed by atoms with van der Waals surface area (Å²) in [6.07, 6.45) is 4.24. The Bertz CT molecular complexity index is 750. The first-order valence-corrected chi connectivity index (χ1v) is 10.6. The minimum absolute atomic E-state index is 0.136. The Kier molecular flexibility index (Phi) is 4.55. The van der Waals surface area contributed by atoms with Gasteiger partial charge in [0.25, 0.3) is 0 Å². The first kappa shape index (κ1) is 19.1. The van der Waals surface area contributed by atoms with E-state index in [4.69, 9.17) is 4.74 Å². The van der Waals surface area contributed by atoms with Gasteiger partial charge in [-0.2, -0.15) is 0 Å². The molecule has 2 unspecified atom stereocenters. The SMILES string of the molecule is Cc1cc2c(cc1C(=O)C1CC3COCC(C1)N3C)C(C)(C)CCC2(C)C.